The first kappa shape index (κ1) is 10.7. The molecule has 18 heavy (non-hydrogen) atoms. The van der Waals surface area contributed by atoms with Crippen LogP contribution in [0.3, 0.4) is 0 Å². The highest BCUT2D eigenvalue weighted by atomic mass is 14.6. The molecule has 1 heterocycles. The minimum Gasteiger partial charge on any atom is -0.264 e. The second-order valence-corrected chi connectivity index (χ2v) is 4.06. The van der Waals surface area contributed by atoms with Gasteiger partial charge in [0.25, 0.3) is 0 Å². The Bertz CT molecular complexity index is 572. The van der Waals surface area contributed by atoms with Crippen molar-refractivity contribution in [3.05, 3.63) is 79.1 Å². The first-order chi connectivity index (χ1) is 8.95. The van der Waals surface area contributed by atoms with E-state index in [0.717, 1.165) is 11.1 Å². The molecule has 2 aromatic carbocycles. The monoisotopic (exact) mass is 230 g/mol. The molecule has 0 saturated carbocycles. The minimum atomic E-state index is 1.07. The summed E-state index contributed by atoms with van der Waals surface area (Å²) in [5.74, 6) is 0. The summed E-state index contributed by atoms with van der Waals surface area (Å²) in [6, 6.07) is 23.6. The number of hydrogen-bond donors (Lipinski definition) is 0. The lowest BCUT2D eigenvalue weighted by Gasteiger charge is -2.08. The SMILES string of the molecule is [c]1ccccc1-c1cnccc1-c1ccccc1. The molecule has 1 radical (unpaired) electrons. The Hall–Kier alpha value is -2.41. The average Bonchev–Trinajstić information content (AvgIpc) is 2.49. The van der Waals surface area contributed by atoms with Gasteiger partial charge in [-0.05, 0) is 28.8 Å². The third kappa shape index (κ3) is 2.03. The molecule has 0 amide bonds. The Kier molecular flexibility index (Phi) is 2.89. The molecule has 0 spiro atoms. The lowest BCUT2D eigenvalue weighted by Crippen LogP contribution is -1.86. The second kappa shape index (κ2) is 4.84. The van der Waals surface area contributed by atoms with E-state index in [4.69, 9.17) is 0 Å². The van der Waals surface area contributed by atoms with Crippen molar-refractivity contribution in [1.29, 1.82) is 0 Å². The van der Waals surface area contributed by atoms with Crippen molar-refractivity contribution in [3.63, 3.8) is 0 Å². The summed E-state index contributed by atoms with van der Waals surface area (Å²) in [5, 5.41) is 0. The topological polar surface area (TPSA) is 12.9 Å². The molecule has 1 heteroatoms. The van der Waals surface area contributed by atoms with Crippen LogP contribution in [0.1, 0.15) is 0 Å². The van der Waals surface area contributed by atoms with Gasteiger partial charge in [0.05, 0.1) is 0 Å². The fraction of sp³-hybridized carbons (Fsp3) is 0. The molecule has 1 nitrogen and oxygen atoms in total. The van der Waals surface area contributed by atoms with E-state index in [1.807, 2.05) is 54.9 Å². The highest BCUT2D eigenvalue weighted by molar-refractivity contribution is 5.82. The Morgan fingerprint density at radius 1 is 0.778 bits per heavy atom. The minimum absolute atomic E-state index is 1.07. The third-order valence-electron chi connectivity index (χ3n) is 2.91. The number of pyridine rings is 1. The Balaban J connectivity index is 2.18. The summed E-state index contributed by atoms with van der Waals surface area (Å²) in [5.41, 5.74) is 4.58. The second-order valence-electron chi connectivity index (χ2n) is 4.06. The highest BCUT2D eigenvalue weighted by Gasteiger charge is 2.06. The van der Waals surface area contributed by atoms with Crippen LogP contribution in [-0.2, 0) is 0 Å². The van der Waals surface area contributed by atoms with Crippen LogP contribution < -0.4 is 0 Å². The van der Waals surface area contributed by atoms with Gasteiger partial charge in [-0.2, -0.15) is 0 Å². The summed E-state index contributed by atoms with van der Waals surface area (Å²) in [6.45, 7) is 0. The van der Waals surface area contributed by atoms with Crippen molar-refractivity contribution < 1.29 is 0 Å². The molecule has 0 aliphatic heterocycles. The lowest BCUT2D eigenvalue weighted by molar-refractivity contribution is 1.33. The van der Waals surface area contributed by atoms with Gasteiger partial charge in [-0.1, -0.05) is 54.6 Å². The molecule has 0 atom stereocenters. The smallest absolute Gasteiger partial charge is 0.0352 e. The first-order valence-electron chi connectivity index (χ1n) is 5.92. The van der Waals surface area contributed by atoms with Crippen molar-refractivity contribution in [1.82, 2.24) is 4.98 Å². The maximum absolute atomic E-state index is 4.23. The summed E-state index contributed by atoms with van der Waals surface area (Å²) in [4.78, 5) is 4.23. The van der Waals surface area contributed by atoms with E-state index in [9.17, 15) is 0 Å². The van der Waals surface area contributed by atoms with Crippen LogP contribution in [0.2, 0.25) is 0 Å². The van der Waals surface area contributed by atoms with E-state index in [2.05, 4.69) is 29.2 Å². The van der Waals surface area contributed by atoms with Crippen molar-refractivity contribution >= 4 is 0 Å². The summed E-state index contributed by atoms with van der Waals surface area (Å²) >= 11 is 0. The predicted octanol–water partition coefficient (Wildman–Crippen LogP) is 4.22. The van der Waals surface area contributed by atoms with Gasteiger partial charge in [0.1, 0.15) is 0 Å². The summed E-state index contributed by atoms with van der Waals surface area (Å²) in [7, 11) is 0. The fourth-order valence-corrected chi connectivity index (χ4v) is 2.04. The Morgan fingerprint density at radius 3 is 2.39 bits per heavy atom. The molecule has 0 unspecified atom stereocenters. The molecule has 0 aliphatic carbocycles. The normalized spacial score (nSPS) is 10.2. The van der Waals surface area contributed by atoms with E-state index >= 15 is 0 Å². The predicted molar refractivity (Wildman–Crippen MR) is 73.9 cm³/mol. The van der Waals surface area contributed by atoms with Gasteiger partial charge in [-0.3, -0.25) is 4.98 Å². The molecular weight excluding hydrogens is 218 g/mol. The molecule has 0 N–H and O–H groups in total. The average molecular weight is 230 g/mol. The highest BCUT2D eigenvalue weighted by Crippen LogP contribution is 2.30. The van der Waals surface area contributed by atoms with Gasteiger partial charge in [0.2, 0.25) is 0 Å². The number of hydrogen-bond acceptors (Lipinski definition) is 1. The number of rotatable bonds is 2. The number of aromatic nitrogens is 1. The number of nitrogens with zero attached hydrogens (tertiary/aromatic N) is 1. The number of benzene rings is 2. The van der Waals surface area contributed by atoms with E-state index in [1.165, 1.54) is 11.1 Å². The van der Waals surface area contributed by atoms with Gasteiger partial charge in [-0.15, -0.1) is 0 Å². The van der Waals surface area contributed by atoms with Crippen molar-refractivity contribution in [2.45, 2.75) is 0 Å². The molecule has 0 bridgehead atoms. The van der Waals surface area contributed by atoms with E-state index < -0.39 is 0 Å². The fourth-order valence-electron chi connectivity index (χ4n) is 2.04. The van der Waals surface area contributed by atoms with Crippen LogP contribution in [0.4, 0.5) is 0 Å². The molecular formula is C17H12N. The van der Waals surface area contributed by atoms with Gasteiger partial charge in [0.15, 0.2) is 0 Å². The van der Waals surface area contributed by atoms with E-state index in [1.54, 1.807) is 0 Å². The summed E-state index contributed by atoms with van der Waals surface area (Å²) in [6.07, 6.45) is 3.73. The first-order valence-corrected chi connectivity index (χ1v) is 5.92. The lowest BCUT2D eigenvalue weighted by atomic mass is 9.97. The Morgan fingerprint density at radius 2 is 1.61 bits per heavy atom. The third-order valence-corrected chi connectivity index (χ3v) is 2.91. The van der Waals surface area contributed by atoms with Crippen molar-refractivity contribution in [2.75, 3.05) is 0 Å². The maximum Gasteiger partial charge on any atom is 0.0352 e. The van der Waals surface area contributed by atoms with Crippen LogP contribution in [0.5, 0.6) is 0 Å². The molecule has 0 fully saturated rings. The zero-order valence-electron chi connectivity index (χ0n) is 9.88. The van der Waals surface area contributed by atoms with E-state index in [0.29, 0.717) is 0 Å². The molecule has 3 aromatic rings. The molecule has 0 aliphatic rings. The van der Waals surface area contributed by atoms with Crippen LogP contribution in [0.15, 0.2) is 73.1 Å². The largest absolute Gasteiger partial charge is 0.264 e. The quantitative estimate of drug-likeness (QED) is 0.642. The molecule has 85 valence electrons. The van der Waals surface area contributed by atoms with Gasteiger partial charge < -0.3 is 0 Å². The van der Waals surface area contributed by atoms with Crippen molar-refractivity contribution in [2.24, 2.45) is 0 Å². The van der Waals surface area contributed by atoms with Crippen molar-refractivity contribution in [3.8, 4) is 22.3 Å². The van der Waals surface area contributed by atoms with Crippen LogP contribution >= 0.6 is 0 Å². The summed E-state index contributed by atoms with van der Waals surface area (Å²) < 4.78 is 0. The molecule has 3 rings (SSSR count). The zero-order valence-corrected chi connectivity index (χ0v) is 9.88. The Labute approximate surface area is 107 Å². The van der Waals surface area contributed by atoms with Crippen LogP contribution in [-0.4, -0.2) is 4.98 Å². The molecule has 1 aromatic heterocycles. The zero-order chi connectivity index (χ0) is 12.2. The maximum atomic E-state index is 4.23. The van der Waals surface area contributed by atoms with Gasteiger partial charge in [-0.25, -0.2) is 0 Å². The standard InChI is InChI=1S/C17H12N/c1-3-7-14(8-4-1)16-11-12-18-13-17(16)15-9-5-2-6-10-15/h1-9,11-13H. The van der Waals surface area contributed by atoms with Gasteiger partial charge in [0, 0.05) is 18.0 Å². The van der Waals surface area contributed by atoms with Crippen LogP contribution in [0, 0.1) is 6.07 Å². The molecule has 0 saturated heterocycles. The van der Waals surface area contributed by atoms with Gasteiger partial charge >= 0.3 is 0 Å². The van der Waals surface area contributed by atoms with Crippen LogP contribution in [0.25, 0.3) is 22.3 Å². The van der Waals surface area contributed by atoms with E-state index in [-0.39, 0.29) is 0 Å².